The summed E-state index contributed by atoms with van der Waals surface area (Å²) in [4.78, 5) is 27.2. The Morgan fingerprint density at radius 1 is 1.24 bits per heavy atom. The molecule has 0 atom stereocenters. The van der Waals surface area contributed by atoms with Gasteiger partial charge in [-0.15, -0.1) is 0 Å². The van der Waals surface area contributed by atoms with E-state index in [9.17, 15) is 9.59 Å². The van der Waals surface area contributed by atoms with E-state index in [2.05, 4.69) is 6.92 Å². The van der Waals surface area contributed by atoms with Crippen molar-refractivity contribution >= 4 is 12.0 Å². The number of piperazine rings is 1. The molecule has 0 aliphatic carbocycles. The van der Waals surface area contributed by atoms with E-state index >= 15 is 0 Å². The Morgan fingerprint density at radius 2 is 2.00 bits per heavy atom. The fraction of sp³-hybridized carbons (Fsp3) is 0.500. The van der Waals surface area contributed by atoms with Crippen LogP contribution in [0.5, 0.6) is 0 Å². The Morgan fingerprint density at radius 3 is 2.67 bits per heavy atom. The van der Waals surface area contributed by atoms with Crippen LogP contribution in [0.2, 0.25) is 0 Å². The minimum absolute atomic E-state index is 0.00589. The molecule has 0 radical (unpaired) electrons. The SMILES string of the molecule is CCCCN1CCN(C(=O)OCc2ccccc2)CC1=O. The number of hydrogen-bond acceptors (Lipinski definition) is 3. The Bertz CT molecular complexity index is 476. The molecule has 0 saturated carbocycles. The molecule has 2 amide bonds. The lowest BCUT2D eigenvalue weighted by molar-refractivity contribution is -0.135. The van der Waals surface area contributed by atoms with Gasteiger partial charge in [-0.2, -0.15) is 0 Å². The summed E-state index contributed by atoms with van der Waals surface area (Å²) in [5.74, 6) is 0.00589. The molecule has 5 heteroatoms. The van der Waals surface area contributed by atoms with Crippen molar-refractivity contribution in [2.24, 2.45) is 0 Å². The zero-order valence-corrected chi connectivity index (χ0v) is 12.5. The largest absolute Gasteiger partial charge is 0.445 e. The van der Waals surface area contributed by atoms with Gasteiger partial charge in [0.15, 0.2) is 0 Å². The number of amides is 2. The van der Waals surface area contributed by atoms with E-state index in [1.165, 1.54) is 4.90 Å². The topological polar surface area (TPSA) is 49.9 Å². The molecule has 1 aliphatic heterocycles. The van der Waals surface area contributed by atoms with Crippen LogP contribution in [0.1, 0.15) is 25.3 Å². The molecular weight excluding hydrogens is 268 g/mol. The highest BCUT2D eigenvalue weighted by Gasteiger charge is 2.27. The minimum Gasteiger partial charge on any atom is -0.445 e. The molecule has 1 fully saturated rings. The van der Waals surface area contributed by atoms with E-state index < -0.39 is 6.09 Å². The molecule has 0 spiro atoms. The van der Waals surface area contributed by atoms with Gasteiger partial charge in [0.1, 0.15) is 13.2 Å². The quantitative estimate of drug-likeness (QED) is 0.836. The maximum Gasteiger partial charge on any atom is 0.410 e. The van der Waals surface area contributed by atoms with Crippen molar-refractivity contribution in [3.63, 3.8) is 0 Å². The fourth-order valence-corrected chi connectivity index (χ4v) is 2.26. The van der Waals surface area contributed by atoms with Gasteiger partial charge in [0.2, 0.25) is 5.91 Å². The van der Waals surface area contributed by atoms with Gasteiger partial charge in [-0.3, -0.25) is 9.69 Å². The first-order valence-electron chi connectivity index (χ1n) is 7.44. The zero-order chi connectivity index (χ0) is 15.1. The van der Waals surface area contributed by atoms with Crippen molar-refractivity contribution < 1.29 is 14.3 Å². The summed E-state index contributed by atoms with van der Waals surface area (Å²) >= 11 is 0. The number of unbranched alkanes of at least 4 members (excludes halogenated alkanes) is 1. The molecule has 0 N–H and O–H groups in total. The standard InChI is InChI=1S/C16H22N2O3/c1-2-3-9-17-10-11-18(12-15(17)19)16(20)21-13-14-7-5-4-6-8-14/h4-8H,2-3,9-13H2,1H3. The fourth-order valence-electron chi connectivity index (χ4n) is 2.26. The maximum atomic E-state index is 12.0. The summed E-state index contributed by atoms with van der Waals surface area (Å²) < 4.78 is 5.25. The smallest absolute Gasteiger partial charge is 0.410 e. The summed E-state index contributed by atoms with van der Waals surface area (Å²) in [7, 11) is 0. The van der Waals surface area contributed by atoms with Gasteiger partial charge in [0, 0.05) is 19.6 Å². The lowest BCUT2D eigenvalue weighted by Gasteiger charge is -2.33. The predicted octanol–water partition coefficient (Wildman–Crippen LogP) is 2.27. The molecule has 0 bridgehead atoms. The normalized spacial score (nSPS) is 15.2. The molecule has 21 heavy (non-hydrogen) atoms. The first-order chi connectivity index (χ1) is 10.2. The molecule has 2 rings (SSSR count). The van der Waals surface area contributed by atoms with Crippen LogP contribution in [0.15, 0.2) is 30.3 Å². The van der Waals surface area contributed by atoms with Crippen LogP contribution in [0, 0.1) is 0 Å². The van der Waals surface area contributed by atoms with Crippen molar-refractivity contribution in [1.29, 1.82) is 0 Å². The number of benzene rings is 1. The highest BCUT2D eigenvalue weighted by Crippen LogP contribution is 2.08. The van der Waals surface area contributed by atoms with Crippen LogP contribution in [0.25, 0.3) is 0 Å². The van der Waals surface area contributed by atoms with Crippen molar-refractivity contribution in [2.75, 3.05) is 26.2 Å². The lowest BCUT2D eigenvalue weighted by Crippen LogP contribution is -2.52. The minimum atomic E-state index is -0.414. The second-order valence-corrected chi connectivity index (χ2v) is 5.20. The number of hydrogen-bond donors (Lipinski definition) is 0. The monoisotopic (exact) mass is 290 g/mol. The second kappa shape index (κ2) is 7.67. The van der Waals surface area contributed by atoms with E-state index in [1.54, 1.807) is 0 Å². The highest BCUT2D eigenvalue weighted by atomic mass is 16.6. The third-order valence-corrected chi connectivity index (χ3v) is 3.56. The van der Waals surface area contributed by atoms with Crippen LogP contribution in [0.3, 0.4) is 0 Å². The van der Waals surface area contributed by atoms with Gasteiger partial charge >= 0.3 is 6.09 Å². The average Bonchev–Trinajstić information content (AvgIpc) is 2.52. The number of ether oxygens (including phenoxy) is 1. The van der Waals surface area contributed by atoms with Gasteiger partial charge in [0.25, 0.3) is 0 Å². The molecule has 0 unspecified atom stereocenters. The van der Waals surface area contributed by atoms with E-state index in [1.807, 2.05) is 35.2 Å². The Kier molecular flexibility index (Phi) is 5.60. The van der Waals surface area contributed by atoms with Gasteiger partial charge in [-0.05, 0) is 12.0 Å². The molecule has 1 aromatic carbocycles. The molecule has 114 valence electrons. The van der Waals surface area contributed by atoms with E-state index in [4.69, 9.17) is 4.74 Å². The Hall–Kier alpha value is -2.04. The van der Waals surface area contributed by atoms with Gasteiger partial charge in [0.05, 0.1) is 0 Å². The van der Waals surface area contributed by atoms with Crippen LogP contribution >= 0.6 is 0 Å². The average molecular weight is 290 g/mol. The van der Waals surface area contributed by atoms with Gasteiger partial charge < -0.3 is 9.64 Å². The van der Waals surface area contributed by atoms with Crippen molar-refractivity contribution in [1.82, 2.24) is 9.80 Å². The van der Waals surface area contributed by atoms with Crippen LogP contribution in [-0.4, -0.2) is 48.0 Å². The van der Waals surface area contributed by atoms with Crippen LogP contribution in [0.4, 0.5) is 4.79 Å². The van der Waals surface area contributed by atoms with E-state index in [-0.39, 0.29) is 19.1 Å². The summed E-state index contributed by atoms with van der Waals surface area (Å²) in [6.07, 6.45) is 1.65. The lowest BCUT2D eigenvalue weighted by atomic mass is 10.2. The highest BCUT2D eigenvalue weighted by molar-refractivity contribution is 5.83. The first-order valence-corrected chi connectivity index (χ1v) is 7.44. The van der Waals surface area contributed by atoms with Crippen LogP contribution in [-0.2, 0) is 16.1 Å². The zero-order valence-electron chi connectivity index (χ0n) is 12.5. The van der Waals surface area contributed by atoms with E-state index in [0.717, 1.165) is 24.9 Å². The molecule has 1 aliphatic rings. The molecule has 1 saturated heterocycles. The van der Waals surface area contributed by atoms with Crippen molar-refractivity contribution in [3.05, 3.63) is 35.9 Å². The Labute approximate surface area is 125 Å². The number of carbonyl (C=O) groups is 2. The summed E-state index contributed by atoms with van der Waals surface area (Å²) in [6, 6.07) is 9.53. The Balaban J connectivity index is 1.78. The van der Waals surface area contributed by atoms with Gasteiger partial charge in [-0.25, -0.2) is 4.79 Å². The number of rotatable bonds is 5. The molecule has 5 nitrogen and oxygen atoms in total. The van der Waals surface area contributed by atoms with Crippen molar-refractivity contribution in [2.45, 2.75) is 26.4 Å². The number of carbonyl (C=O) groups excluding carboxylic acids is 2. The molecule has 0 aromatic heterocycles. The van der Waals surface area contributed by atoms with Crippen LogP contribution < -0.4 is 0 Å². The number of nitrogens with zero attached hydrogens (tertiary/aromatic N) is 2. The third-order valence-electron chi connectivity index (χ3n) is 3.56. The van der Waals surface area contributed by atoms with E-state index in [0.29, 0.717) is 13.1 Å². The summed E-state index contributed by atoms with van der Waals surface area (Å²) in [5.41, 5.74) is 0.943. The summed E-state index contributed by atoms with van der Waals surface area (Å²) in [6.45, 7) is 4.38. The maximum absolute atomic E-state index is 12.0. The van der Waals surface area contributed by atoms with Gasteiger partial charge in [-0.1, -0.05) is 43.7 Å². The summed E-state index contributed by atoms with van der Waals surface area (Å²) in [5, 5.41) is 0. The first kappa shape index (κ1) is 15.4. The third kappa shape index (κ3) is 4.48. The predicted molar refractivity (Wildman–Crippen MR) is 79.7 cm³/mol. The van der Waals surface area contributed by atoms with Crippen molar-refractivity contribution in [3.8, 4) is 0 Å². The second-order valence-electron chi connectivity index (χ2n) is 5.20. The molecule has 1 heterocycles. The molecular formula is C16H22N2O3. The molecule has 1 aromatic rings.